The van der Waals surface area contributed by atoms with E-state index in [2.05, 4.69) is 0 Å². The number of likely N-dealkylation sites (N-methyl/N-ethyl adjacent to an activating group) is 4. The number of carbonyl (C=O) groups excluding carboxylic acids is 4. The van der Waals surface area contributed by atoms with Gasteiger partial charge in [-0.1, -0.05) is 0 Å². The minimum Gasteiger partial charge on any atom is -0.507 e. The van der Waals surface area contributed by atoms with E-state index in [1.54, 1.807) is 27.7 Å². The summed E-state index contributed by atoms with van der Waals surface area (Å²) in [4.78, 5) is 56.5. The lowest BCUT2D eigenvalue weighted by Gasteiger charge is -2.35. The number of rotatable bonds is 6. The predicted molar refractivity (Wildman–Crippen MR) is 140 cm³/mol. The van der Waals surface area contributed by atoms with Crippen LogP contribution in [0.1, 0.15) is 38.8 Å². The highest BCUT2D eigenvalue weighted by molar-refractivity contribution is 7.80. The number of phenolic OH excluding ortho intramolecular Hbond substituents is 2. The zero-order chi connectivity index (χ0) is 26.9. The van der Waals surface area contributed by atoms with Crippen molar-refractivity contribution in [1.29, 1.82) is 0 Å². The van der Waals surface area contributed by atoms with Gasteiger partial charge in [0.15, 0.2) is 10.2 Å². The van der Waals surface area contributed by atoms with Gasteiger partial charge in [-0.3, -0.25) is 38.8 Å². The zero-order valence-electron chi connectivity index (χ0n) is 20.3. The van der Waals surface area contributed by atoms with E-state index < -0.39 is 23.6 Å². The average Bonchev–Trinajstić information content (AvgIpc) is 2.83. The van der Waals surface area contributed by atoms with Crippen LogP contribution in [0, 0.1) is 0 Å². The van der Waals surface area contributed by atoms with E-state index >= 15 is 0 Å². The molecule has 0 saturated carbocycles. The highest BCUT2D eigenvalue weighted by atomic mass is 32.1. The second-order valence-electron chi connectivity index (χ2n) is 7.85. The molecule has 4 amide bonds. The van der Waals surface area contributed by atoms with Gasteiger partial charge in [0.1, 0.15) is 22.6 Å². The molecule has 2 N–H and O–H groups in total. The average molecular weight is 531 g/mol. The van der Waals surface area contributed by atoms with Gasteiger partial charge in [-0.05, 0) is 76.4 Å². The first-order chi connectivity index (χ1) is 17.0. The molecule has 3 rings (SSSR count). The summed E-state index contributed by atoms with van der Waals surface area (Å²) in [5.41, 5.74) is -0.453. The Labute approximate surface area is 219 Å². The van der Waals surface area contributed by atoms with Crippen molar-refractivity contribution < 1.29 is 29.4 Å². The van der Waals surface area contributed by atoms with Crippen LogP contribution < -0.4 is 0 Å². The fourth-order valence-electron chi connectivity index (χ4n) is 3.92. The van der Waals surface area contributed by atoms with Gasteiger partial charge in [-0.15, -0.1) is 0 Å². The molecular weight excluding hydrogens is 504 g/mol. The second kappa shape index (κ2) is 10.5. The minimum atomic E-state index is -0.615. The largest absolute Gasteiger partial charge is 0.507 e. The number of nitrogens with zero attached hydrogens (tertiary/aromatic N) is 4. The molecule has 0 aliphatic carbocycles. The normalized spacial score (nSPS) is 17.0. The standard InChI is InChI=1S/C24H26N4O6S2/c1-5-25-19(31)15(20(32)26(6-2)23(25)35)9-13-11-18(30)14(12-17(13)29)10-16-21(33)27(7-3)24(36)28(8-4)22(16)34/h9-12,29-30H,5-8H2,1-4H3. The summed E-state index contributed by atoms with van der Waals surface area (Å²) in [6, 6.07) is 2.29. The summed E-state index contributed by atoms with van der Waals surface area (Å²) < 4.78 is 0. The van der Waals surface area contributed by atoms with E-state index in [4.69, 9.17) is 24.4 Å². The molecule has 0 unspecified atom stereocenters. The number of carbonyl (C=O) groups is 4. The Morgan fingerprint density at radius 2 is 0.861 bits per heavy atom. The van der Waals surface area contributed by atoms with Gasteiger partial charge in [-0.2, -0.15) is 0 Å². The van der Waals surface area contributed by atoms with Gasteiger partial charge >= 0.3 is 0 Å². The van der Waals surface area contributed by atoms with Crippen LogP contribution in [0.4, 0.5) is 0 Å². The van der Waals surface area contributed by atoms with Crippen LogP contribution in [0.2, 0.25) is 0 Å². The molecule has 1 aromatic carbocycles. The molecule has 190 valence electrons. The van der Waals surface area contributed by atoms with Crippen LogP contribution in [-0.2, 0) is 19.2 Å². The molecule has 0 radical (unpaired) electrons. The van der Waals surface area contributed by atoms with Crippen LogP contribution in [-0.4, -0.2) is 89.8 Å². The molecule has 36 heavy (non-hydrogen) atoms. The van der Waals surface area contributed by atoms with Crippen LogP contribution in [0.5, 0.6) is 11.5 Å². The lowest BCUT2D eigenvalue weighted by Crippen LogP contribution is -2.55. The Kier molecular flexibility index (Phi) is 7.89. The second-order valence-corrected chi connectivity index (χ2v) is 8.58. The fraction of sp³-hybridized carbons (Fsp3) is 0.333. The third-order valence-electron chi connectivity index (χ3n) is 5.87. The third kappa shape index (κ3) is 4.49. The smallest absolute Gasteiger partial charge is 0.265 e. The van der Waals surface area contributed by atoms with E-state index in [0.717, 1.165) is 12.1 Å². The molecule has 2 heterocycles. The molecule has 0 aromatic heterocycles. The lowest BCUT2D eigenvalue weighted by molar-refractivity contribution is -0.135. The Balaban J connectivity index is 2.06. The molecule has 12 heteroatoms. The summed E-state index contributed by atoms with van der Waals surface area (Å²) >= 11 is 10.5. The maximum atomic E-state index is 12.9. The Morgan fingerprint density at radius 1 is 0.611 bits per heavy atom. The van der Waals surface area contributed by atoms with Crippen LogP contribution in [0.25, 0.3) is 12.2 Å². The molecule has 2 aliphatic rings. The van der Waals surface area contributed by atoms with Crippen LogP contribution in [0.15, 0.2) is 23.3 Å². The third-order valence-corrected chi connectivity index (χ3v) is 6.75. The number of phenols is 2. The maximum absolute atomic E-state index is 12.9. The minimum absolute atomic E-state index is 0.000816. The van der Waals surface area contributed by atoms with Crippen molar-refractivity contribution in [3.8, 4) is 11.5 Å². The highest BCUT2D eigenvalue weighted by Crippen LogP contribution is 2.33. The molecule has 0 atom stereocenters. The van der Waals surface area contributed by atoms with Crippen LogP contribution in [0.3, 0.4) is 0 Å². The summed E-state index contributed by atoms with van der Waals surface area (Å²) in [5, 5.41) is 21.5. The molecule has 1 aromatic rings. The monoisotopic (exact) mass is 530 g/mol. The first-order valence-electron chi connectivity index (χ1n) is 11.4. The zero-order valence-corrected chi connectivity index (χ0v) is 21.9. The molecule has 10 nitrogen and oxygen atoms in total. The lowest BCUT2D eigenvalue weighted by atomic mass is 10.0. The highest BCUT2D eigenvalue weighted by Gasteiger charge is 2.39. The van der Waals surface area contributed by atoms with E-state index in [9.17, 15) is 29.4 Å². The van der Waals surface area contributed by atoms with Gasteiger partial charge in [0, 0.05) is 37.3 Å². The summed E-state index contributed by atoms with van der Waals surface area (Å²) in [7, 11) is 0. The van der Waals surface area contributed by atoms with Crippen molar-refractivity contribution in [3.05, 3.63) is 34.4 Å². The molecular formula is C24H26N4O6S2. The Bertz CT molecular complexity index is 1100. The topological polar surface area (TPSA) is 122 Å². The molecule has 2 saturated heterocycles. The molecule has 2 aliphatic heterocycles. The van der Waals surface area contributed by atoms with Gasteiger partial charge < -0.3 is 10.2 Å². The van der Waals surface area contributed by atoms with Gasteiger partial charge in [-0.25, -0.2) is 0 Å². The Morgan fingerprint density at radius 3 is 1.08 bits per heavy atom. The van der Waals surface area contributed by atoms with Crippen molar-refractivity contribution in [2.75, 3.05) is 26.2 Å². The summed E-state index contributed by atoms with van der Waals surface area (Å²) in [6.07, 6.45) is 2.35. The van der Waals surface area contributed by atoms with Crippen molar-refractivity contribution in [2.24, 2.45) is 0 Å². The van der Waals surface area contributed by atoms with E-state index in [1.807, 2.05) is 0 Å². The van der Waals surface area contributed by atoms with Crippen molar-refractivity contribution in [1.82, 2.24) is 19.6 Å². The van der Waals surface area contributed by atoms with E-state index in [-0.39, 0.29) is 70.2 Å². The van der Waals surface area contributed by atoms with Crippen LogP contribution >= 0.6 is 24.4 Å². The number of benzene rings is 1. The quantitative estimate of drug-likeness (QED) is 0.247. The number of amides is 4. The number of aromatic hydroxyl groups is 2. The number of thiocarbonyl (C=S) groups is 2. The molecule has 0 spiro atoms. The number of hydrogen-bond donors (Lipinski definition) is 2. The SMILES string of the molecule is CCN1C(=O)C(=Cc2cc(O)c(C=C3C(=O)N(CC)C(=S)N(CC)C3=O)cc2O)C(=O)N(CC)C1=S. The first-order valence-corrected chi connectivity index (χ1v) is 12.2. The predicted octanol–water partition coefficient (Wildman–Crippen LogP) is 1.86. The first kappa shape index (κ1) is 27.0. The molecule has 2 fully saturated rings. The molecule has 0 bridgehead atoms. The number of hydrogen-bond acceptors (Lipinski definition) is 8. The van der Waals surface area contributed by atoms with Crippen molar-refractivity contribution >= 4 is 70.4 Å². The summed E-state index contributed by atoms with van der Waals surface area (Å²) in [6.45, 7) is 7.87. The summed E-state index contributed by atoms with van der Waals surface area (Å²) in [5.74, 6) is -3.21. The van der Waals surface area contributed by atoms with Gasteiger partial charge in [0.05, 0.1) is 0 Å². The fourth-order valence-corrected chi connectivity index (χ4v) is 4.77. The van der Waals surface area contributed by atoms with Crippen molar-refractivity contribution in [3.63, 3.8) is 0 Å². The van der Waals surface area contributed by atoms with Gasteiger partial charge in [0.25, 0.3) is 23.6 Å². The van der Waals surface area contributed by atoms with Gasteiger partial charge in [0.2, 0.25) is 0 Å². The van der Waals surface area contributed by atoms with E-state index in [0.29, 0.717) is 0 Å². The maximum Gasteiger partial charge on any atom is 0.265 e. The Hall–Kier alpha value is -3.64. The van der Waals surface area contributed by atoms with Crippen molar-refractivity contribution in [2.45, 2.75) is 27.7 Å². The van der Waals surface area contributed by atoms with E-state index in [1.165, 1.54) is 31.8 Å².